The molecule has 0 radical (unpaired) electrons. The number of fused-ring (bicyclic) bond motifs is 1. The molecule has 0 unspecified atom stereocenters. The van der Waals surface area contributed by atoms with Crippen LogP contribution in [0.4, 0.5) is 0 Å². The third-order valence-corrected chi connectivity index (χ3v) is 6.01. The molecule has 0 spiro atoms. The van der Waals surface area contributed by atoms with Crippen molar-refractivity contribution in [3.05, 3.63) is 63.8 Å². The van der Waals surface area contributed by atoms with Crippen molar-refractivity contribution in [2.45, 2.75) is 44.9 Å². The molecule has 1 aliphatic rings. The van der Waals surface area contributed by atoms with E-state index in [-0.39, 0.29) is 10.3 Å². The highest BCUT2D eigenvalue weighted by atomic mass is 32.1. The summed E-state index contributed by atoms with van der Waals surface area (Å²) in [6.45, 7) is 4.54. The van der Waals surface area contributed by atoms with Crippen molar-refractivity contribution < 1.29 is 4.52 Å². The number of aromatic amines is 2. The van der Waals surface area contributed by atoms with Crippen LogP contribution in [0.15, 0.2) is 40.9 Å². The number of hydrogen-bond donors (Lipinski definition) is 2. The number of aromatic nitrogens is 4. The van der Waals surface area contributed by atoms with Crippen molar-refractivity contribution >= 4 is 23.1 Å². The van der Waals surface area contributed by atoms with Gasteiger partial charge in [-0.25, -0.2) is 4.98 Å². The van der Waals surface area contributed by atoms with E-state index in [1.807, 2.05) is 12.1 Å². The van der Waals surface area contributed by atoms with Crippen molar-refractivity contribution in [2.75, 3.05) is 0 Å². The average molecular weight is 391 g/mol. The highest BCUT2D eigenvalue weighted by Crippen LogP contribution is 2.50. The highest BCUT2D eigenvalue weighted by molar-refractivity contribution is 7.71. The molecule has 142 valence electrons. The number of rotatable bonds is 5. The molecule has 1 aliphatic carbocycles. The van der Waals surface area contributed by atoms with Crippen LogP contribution in [0.25, 0.3) is 22.4 Å². The van der Waals surface area contributed by atoms with Gasteiger partial charge in [0.05, 0.1) is 0 Å². The van der Waals surface area contributed by atoms with E-state index in [2.05, 4.69) is 53.2 Å². The third kappa shape index (κ3) is 2.98. The van der Waals surface area contributed by atoms with E-state index in [1.54, 1.807) is 0 Å². The summed E-state index contributed by atoms with van der Waals surface area (Å²) in [7, 11) is 0. The van der Waals surface area contributed by atoms with Crippen molar-refractivity contribution in [3.8, 4) is 11.5 Å². The average Bonchev–Trinajstić information content (AvgIpc) is 3.13. The molecule has 3 heterocycles. The van der Waals surface area contributed by atoms with Crippen LogP contribution in [-0.4, -0.2) is 20.1 Å². The molecular weight excluding hydrogens is 368 g/mol. The molecule has 5 nitrogen and oxygen atoms in total. The fourth-order valence-corrected chi connectivity index (χ4v) is 4.02. The fourth-order valence-electron chi connectivity index (χ4n) is 3.89. The van der Waals surface area contributed by atoms with E-state index in [4.69, 9.17) is 21.7 Å². The quantitative estimate of drug-likeness (QED) is 0.443. The zero-order chi connectivity index (χ0) is 19.3. The molecule has 1 fully saturated rings. The van der Waals surface area contributed by atoms with Gasteiger partial charge in [-0.1, -0.05) is 37.2 Å². The molecule has 0 bridgehead atoms. The van der Waals surface area contributed by atoms with Crippen molar-refractivity contribution in [2.24, 2.45) is 0 Å². The lowest BCUT2D eigenvalue weighted by Crippen LogP contribution is -2.05. The number of hydrogen-bond acceptors (Lipinski definition) is 4. The first-order chi connectivity index (χ1) is 13.6. The maximum atomic E-state index is 4.98. The van der Waals surface area contributed by atoms with E-state index < -0.39 is 0 Å². The van der Waals surface area contributed by atoms with E-state index in [9.17, 15) is 0 Å². The number of nitrogens with zero attached hydrogens (tertiary/aromatic N) is 2. The Hall–Kier alpha value is -2.73. The van der Waals surface area contributed by atoms with Gasteiger partial charge in [-0.2, -0.15) is 0 Å². The first-order valence-corrected chi connectivity index (χ1v) is 10.1. The monoisotopic (exact) mass is 390 g/mol. The van der Waals surface area contributed by atoms with Gasteiger partial charge in [0.25, 0.3) is 4.84 Å². The summed E-state index contributed by atoms with van der Waals surface area (Å²) in [5.41, 5.74) is 7.31. The van der Waals surface area contributed by atoms with Gasteiger partial charge in [-0.3, -0.25) is 4.98 Å². The molecule has 3 aromatic heterocycles. The minimum absolute atomic E-state index is 0.259. The maximum absolute atomic E-state index is 4.98. The smallest absolute Gasteiger partial charge is 0.295 e. The Labute approximate surface area is 168 Å². The van der Waals surface area contributed by atoms with E-state index in [1.165, 1.54) is 40.6 Å². The second kappa shape index (κ2) is 6.41. The van der Waals surface area contributed by atoms with Crippen LogP contribution < -0.4 is 0 Å². The Morgan fingerprint density at radius 3 is 2.75 bits per heavy atom. The van der Waals surface area contributed by atoms with Crippen molar-refractivity contribution in [3.63, 3.8) is 0 Å². The number of pyridine rings is 1. The molecule has 1 aromatic carbocycles. The Morgan fingerprint density at radius 1 is 1.18 bits per heavy atom. The minimum Gasteiger partial charge on any atom is -0.358 e. The van der Waals surface area contributed by atoms with Crippen LogP contribution in [0.3, 0.4) is 0 Å². The van der Waals surface area contributed by atoms with Gasteiger partial charge in [0, 0.05) is 34.1 Å². The summed E-state index contributed by atoms with van der Waals surface area (Å²) in [6, 6.07) is 12.8. The summed E-state index contributed by atoms with van der Waals surface area (Å²) < 4.78 is 4.98. The lowest BCUT2D eigenvalue weighted by atomic mass is 9.96. The Kier molecular flexibility index (Phi) is 3.98. The molecule has 6 heteroatoms. The lowest BCUT2D eigenvalue weighted by Gasteiger charge is -2.11. The van der Waals surface area contributed by atoms with Gasteiger partial charge in [0.15, 0.2) is 5.82 Å². The Bertz CT molecular complexity index is 1230. The normalized spacial score (nSPS) is 15.2. The molecule has 28 heavy (non-hydrogen) atoms. The zero-order valence-corrected chi connectivity index (χ0v) is 16.8. The van der Waals surface area contributed by atoms with Crippen LogP contribution in [-0.2, 0) is 18.3 Å². The highest BCUT2D eigenvalue weighted by Gasteiger charge is 2.42. The number of benzene rings is 1. The molecule has 5 rings (SSSR count). The van der Waals surface area contributed by atoms with Crippen LogP contribution in [0.1, 0.15) is 49.2 Å². The fraction of sp³-hybridized carbons (Fsp3) is 0.318. The molecule has 2 N–H and O–H groups in total. The Balaban J connectivity index is 1.59. The summed E-state index contributed by atoms with van der Waals surface area (Å²) in [6.07, 6.45) is 4.29. The van der Waals surface area contributed by atoms with Crippen LogP contribution in [0.2, 0.25) is 0 Å². The topological polar surface area (TPSA) is 70.5 Å². The maximum Gasteiger partial charge on any atom is 0.295 e. The second-order valence-electron chi connectivity index (χ2n) is 7.91. The number of H-pyrrole nitrogens is 2. The zero-order valence-electron chi connectivity index (χ0n) is 16.0. The molecule has 0 aliphatic heterocycles. The first-order valence-electron chi connectivity index (χ1n) is 9.72. The second-order valence-corrected chi connectivity index (χ2v) is 8.28. The largest absolute Gasteiger partial charge is 0.358 e. The first kappa shape index (κ1) is 17.4. The van der Waals surface area contributed by atoms with Gasteiger partial charge in [-0.15, -0.1) is 0 Å². The van der Waals surface area contributed by atoms with Crippen LogP contribution in [0, 0.1) is 4.84 Å². The van der Waals surface area contributed by atoms with E-state index in [0.717, 1.165) is 24.2 Å². The SMILES string of the molecule is CCc1ccc2c(Cc3cccc(-c4noc(=S)[nH]4)n3)c(C3(C)CC3)[nH]c2c1. The minimum atomic E-state index is 0.259. The summed E-state index contributed by atoms with van der Waals surface area (Å²) in [5, 5.41) is 5.26. The van der Waals surface area contributed by atoms with E-state index >= 15 is 0 Å². The molecule has 1 saturated carbocycles. The predicted octanol–water partition coefficient (Wildman–Crippen LogP) is 5.48. The molecule has 0 amide bonds. The van der Waals surface area contributed by atoms with Gasteiger partial charge in [-0.05, 0) is 60.8 Å². The molecule has 4 aromatic rings. The lowest BCUT2D eigenvalue weighted by molar-refractivity contribution is 0.406. The third-order valence-electron chi connectivity index (χ3n) is 5.83. The van der Waals surface area contributed by atoms with Crippen LogP contribution in [0.5, 0.6) is 0 Å². The van der Waals surface area contributed by atoms with Gasteiger partial charge >= 0.3 is 0 Å². The van der Waals surface area contributed by atoms with Gasteiger partial charge in [0.1, 0.15) is 5.69 Å². The van der Waals surface area contributed by atoms with E-state index in [0.29, 0.717) is 5.82 Å². The standard InChI is InChI=1S/C22H22N4OS/c1-3-13-7-8-15-16(19(22(2)9-10-22)24-18(15)11-13)12-14-5-4-6-17(23-14)20-25-21(28)27-26-20/h4-8,11,24H,3,9-10,12H2,1-2H3,(H,25,26,28). The molecule has 0 atom stereocenters. The van der Waals surface area contributed by atoms with Gasteiger partial charge < -0.3 is 9.51 Å². The van der Waals surface area contributed by atoms with Crippen molar-refractivity contribution in [1.29, 1.82) is 0 Å². The summed E-state index contributed by atoms with van der Waals surface area (Å²) in [4.78, 5) is 11.7. The van der Waals surface area contributed by atoms with Crippen molar-refractivity contribution in [1.82, 2.24) is 20.1 Å². The summed E-state index contributed by atoms with van der Waals surface area (Å²) in [5.74, 6) is 0.563. The molecular formula is C22H22N4OS. The number of aryl methyl sites for hydroxylation is 1. The Morgan fingerprint density at radius 2 is 2.04 bits per heavy atom. The van der Waals surface area contributed by atoms with Crippen LogP contribution >= 0.6 is 12.2 Å². The molecule has 0 saturated heterocycles. The van der Waals surface area contributed by atoms with Gasteiger partial charge in [0.2, 0.25) is 0 Å². The predicted molar refractivity (Wildman–Crippen MR) is 112 cm³/mol. The number of nitrogens with one attached hydrogen (secondary N) is 2. The summed E-state index contributed by atoms with van der Waals surface area (Å²) >= 11 is 4.98.